The van der Waals surface area contributed by atoms with Gasteiger partial charge in [-0.2, -0.15) is 0 Å². The molecule has 1 rings (SSSR count). The quantitative estimate of drug-likeness (QED) is 0.706. The van der Waals surface area contributed by atoms with Crippen molar-refractivity contribution in [1.29, 1.82) is 0 Å². The Morgan fingerprint density at radius 1 is 1.17 bits per heavy atom. The third-order valence-corrected chi connectivity index (χ3v) is 2.94. The van der Waals surface area contributed by atoms with Crippen molar-refractivity contribution in [3.63, 3.8) is 0 Å². The van der Waals surface area contributed by atoms with Gasteiger partial charge in [-0.05, 0) is 34.1 Å². The zero-order valence-electron chi connectivity index (χ0n) is 12.0. The molecule has 0 spiro atoms. The van der Waals surface area contributed by atoms with E-state index in [-0.39, 0.29) is 18.1 Å². The van der Waals surface area contributed by atoms with E-state index in [2.05, 4.69) is 0 Å². The zero-order chi connectivity index (χ0) is 14.0. The molecule has 5 nitrogen and oxygen atoms in total. The summed E-state index contributed by atoms with van der Waals surface area (Å²) in [7, 11) is 0. The van der Waals surface area contributed by atoms with Crippen LogP contribution in [0.4, 0.5) is 0 Å². The maximum Gasteiger partial charge on any atom is 0.160 e. The van der Waals surface area contributed by atoms with E-state index in [1.165, 1.54) is 0 Å². The lowest BCUT2D eigenvalue weighted by molar-refractivity contribution is -0.210. The average molecular weight is 262 g/mol. The van der Waals surface area contributed by atoms with E-state index in [0.29, 0.717) is 19.6 Å². The summed E-state index contributed by atoms with van der Waals surface area (Å²) in [5.41, 5.74) is 0. The van der Waals surface area contributed by atoms with Crippen LogP contribution in [-0.4, -0.2) is 47.2 Å². The van der Waals surface area contributed by atoms with Crippen LogP contribution in [0.3, 0.4) is 0 Å². The molecule has 108 valence electrons. The molecule has 2 N–H and O–H groups in total. The summed E-state index contributed by atoms with van der Waals surface area (Å²) in [5, 5.41) is 19.1. The van der Waals surface area contributed by atoms with Crippen LogP contribution in [0, 0.1) is 5.92 Å². The first-order valence-electron chi connectivity index (χ1n) is 6.46. The Labute approximate surface area is 109 Å². The summed E-state index contributed by atoms with van der Waals surface area (Å²) >= 11 is 0. The number of hydrogen-bond acceptors (Lipinski definition) is 5. The summed E-state index contributed by atoms with van der Waals surface area (Å²) < 4.78 is 16.4. The van der Waals surface area contributed by atoms with Crippen molar-refractivity contribution in [2.24, 2.45) is 5.92 Å². The summed E-state index contributed by atoms with van der Waals surface area (Å²) in [6.07, 6.45) is 0.647. The molecule has 0 aromatic rings. The normalized spacial score (nSPS) is 29.8. The van der Waals surface area contributed by atoms with E-state index in [0.717, 1.165) is 0 Å². The van der Waals surface area contributed by atoms with E-state index in [1.807, 2.05) is 6.92 Å². The first-order chi connectivity index (χ1) is 8.08. The molecule has 18 heavy (non-hydrogen) atoms. The summed E-state index contributed by atoms with van der Waals surface area (Å²) in [5.74, 6) is -2.05. The minimum absolute atomic E-state index is 0.0414. The van der Waals surface area contributed by atoms with Gasteiger partial charge < -0.3 is 24.4 Å². The molecule has 3 atom stereocenters. The fourth-order valence-electron chi connectivity index (χ4n) is 2.04. The van der Waals surface area contributed by atoms with Gasteiger partial charge in [0.05, 0.1) is 25.4 Å². The van der Waals surface area contributed by atoms with E-state index in [4.69, 9.17) is 14.2 Å². The number of rotatable bonds is 6. The highest BCUT2D eigenvalue weighted by atomic mass is 16.6. The van der Waals surface area contributed by atoms with Crippen LogP contribution in [0.1, 0.15) is 41.0 Å². The molecule has 3 unspecified atom stereocenters. The molecule has 0 aromatic carbocycles. The van der Waals surface area contributed by atoms with Crippen molar-refractivity contribution < 1.29 is 24.4 Å². The van der Waals surface area contributed by atoms with Crippen LogP contribution in [0.5, 0.6) is 0 Å². The largest absolute Gasteiger partial charge is 0.375 e. The molecule has 0 aromatic heterocycles. The third-order valence-electron chi connectivity index (χ3n) is 2.94. The van der Waals surface area contributed by atoms with Gasteiger partial charge in [0.25, 0.3) is 0 Å². The lowest BCUT2D eigenvalue weighted by atomic mass is 9.99. The maximum absolute atomic E-state index is 9.63. The molecule has 1 fully saturated rings. The highest BCUT2D eigenvalue weighted by Crippen LogP contribution is 2.28. The molecular formula is C13H26O5. The van der Waals surface area contributed by atoms with E-state index in [1.54, 1.807) is 27.7 Å². The number of ether oxygens (including phenoxy) is 3. The highest BCUT2D eigenvalue weighted by Gasteiger charge is 2.37. The number of hydrogen-bond donors (Lipinski definition) is 2. The summed E-state index contributed by atoms with van der Waals surface area (Å²) in [4.78, 5) is 0. The molecular weight excluding hydrogens is 236 g/mol. The van der Waals surface area contributed by atoms with Crippen LogP contribution >= 0.6 is 0 Å². The second kappa shape index (κ2) is 5.84. The Morgan fingerprint density at radius 3 is 2.28 bits per heavy atom. The predicted molar refractivity (Wildman–Crippen MR) is 66.9 cm³/mol. The average Bonchev–Trinajstić information content (AvgIpc) is 2.45. The lowest BCUT2D eigenvalue weighted by Gasteiger charge is -2.26. The topological polar surface area (TPSA) is 68.2 Å². The van der Waals surface area contributed by atoms with Crippen molar-refractivity contribution in [3.05, 3.63) is 0 Å². The zero-order valence-corrected chi connectivity index (χ0v) is 12.0. The smallest absolute Gasteiger partial charge is 0.160 e. The first kappa shape index (κ1) is 15.9. The van der Waals surface area contributed by atoms with Crippen LogP contribution < -0.4 is 0 Å². The van der Waals surface area contributed by atoms with Crippen molar-refractivity contribution >= 4 is 0 Å². The minimum Gasteiger partial charge on any atom is -0.375 e. The van der Waals surface area contributed by atoms with Gasteiger partial charge in [0.2, 0.25) is 0 Å². The Bertz CT molecular complexity index is 253. The molecule has 0 bridgehead atoms. The van der Waals surface area contributed by atoms with E-state index >= 15 is 0 Å². The van der Waals surface area contributed by atoms with Crippen LogP contribution in [0.15, 0.2) is 0 Å². The second-order valence-corrected chi connectivity index (χ2v) is 5.92. The summed E-state index contributed by atoms with van der Waals surface area (Å²) in [6, 6.07) is 0. The third kappa shape index (κ3) is 5.63. The fraction of sp³-hybridized carbons (Fsp3) is 1.00. The Kier molecular flexibility index (Phi) is 5.14. The van der Waals surface area contributed by atoms with Gasteiger partial charge in [0.15, 0.2) is 11.6 Å². The number of aliphatic hydroxyl groups is 2. The van der Waals surface area contributed by atoms with Gasteiger partial charge >= 0.3 is 0 Å². The van der Waals surface area contributed by atoms with Gasteiger partial charge in [-0.1, -0.05) is 6.92 Å². The van der Waals surface area contributed by atoms with Gasteiger partial charge in [0, 0.05) is 5.92 Å². The molecule has 1 aliphatic rings. The van der Waals surface area contributed by atoms with Gasteiger partial charge in [0.1, 0.15) is 0 Å². The lowest BCUT2D eigenvalue weighted by Crippen LogP contribution is -2.35. The Hall–Kier alpha value is -0.200. The minimum atomic E-state index is -1.14. The molecule has 1 aliphatic heterocycles. The molecule has 0 aliphatic carbocycles. The Morgan fingerprint density at radius 2 is 1.78 bits per heavy atom. The molecule has 5 heteroatoms. The first-order valence-corrected chi connectivity index (χ1v) is 6.46. The molecule has 1 heterocycles. The van der Waals surface area contributed by atoms with E-state index < -0.39 is 11.6 Å². The second-order valence-electron chi connectivity index (χ2n) is 5.92. The van der Waals surface area contributed by atoms with Gasteiger partial charge in [-0.15, -0.1) is 0 Å². The van der Waals surface area contributed by atoms with Crippen LogP contribution in [0.2, 0.25) is 0 Å². The fourth-order valence-corrected chi connectivity index (χ4v) is 2.04. The SMILES string of the molecule is CC1C(CCOC(C)(C)O)OCC1OC(C)(C)O. The summed E-state index contributed by atoms with van der Waals surface area (Å²) in [6.45, 7) is 9.40. The van der Waals surface area contributed by atoms with E-state index in [9.17, 15) is 10.2 Å². The van der Waals surface area contributed by atoms with Crippen molar-refractivity contribution in [2.75, 3.05) is 13.2 Å². The van der Waals surface area contributed by atoms with Crippen LogP contribution in [-0.2, 0) is 14.2 Å². The molecule has 0 radical (unpaired) electrons. The predicted octanol–water partition coefficient (Wildman–Crippen LogP) is 1.27. The van der Waals surface area contributed by atoms with Crippen LogP contribution in [0.25, 0.3) is 0 Å². The van der Waals surface area contributed by atoms with Gasteiger partial charge in [-0.3, -0.25) is 0 Å². The monoisotopic (exact) mass is 262 g/mol. The standard InChI is InChI=1S/C13H26O5/c1-9-10(6-7-17-12(2,3)14)16-8-11(9)18-13(4,5)15/h9-11,14-15H,6-8H2,1-5H3. The Balaban J connectivity index is 2.33. The van der Waals surface area contributed by atoms with Gasteiger partial charge in [-0.25, -0.2) is 0 Å². The molecule has 0 amide bonds. The van der Waals surface area contributed by atoms with Crippen molar-refractivity contribution in [2.45, 2.75) is 64.8 Å². The molecule has 1 saturated heterocycles. The van der Waals surface area contributed by atoms with Crippen molar-refractivity contribution in [1.82, 2.24) is 0 Å². The highest BCUT2D eigenvalue weighted by molar-refractivity contribution is 4.82. The maximum atomic E-state index is 9.63. The van der Waals surface area contributed by atoms with Crippen molar-refractivity contribution in [3.8, 4) is 0 Å². The molecule has 0 saturated carbocycles.